The fraction of sp³-hybridized carbons (Fsp3) is 0.0882. The number of oxime groups is 1. The van der Waals surface area contributed by atoms with Crippen molar-refractivity contribution in [2.75, 3.05) is 0 Å². The van der Waals surface area contributed by atoms with Crippen LogP contribution in [-0.2, 0) is 23.5 Å². The fourth-order valence-electron chi connectivity index (χ4n) is 4.71. The summed E-state index contributed by atoms with van der Waals surface area (Å²) in [6.07, 6.45) is 2.27. The first kappa shape index (κ1) is 25.1. The van der Waals surface area contributed by atoms with Crippen LogP contribution >= 0.6 is 0 Å². The highest BCUT2D eigenvalue weighted by Crippen LogP contribution is 2.40. The van der Waals surface area contributed by atoms with Gasteiger partial charge < -0.3 is 9.94 Å². The zero-order chi connectivity index (χ0) is 26.2. The maximum Gasteiger partial charge on any atom is 0.212 e. The van der Waals surface area contributed by atoms with Crippen LogP contribution in [-0.4, -0.2) is 11.3 Å². The third kappa shape index (κ3) is 5.41. The molecule has 5 rings (SSSR count). The average molecular weight is 502 g/mol. The molecule has 1 N–H and O–H groups in total. The lowest BCUT2D eigenvalue weighted by atomic mass is 9.80. The number of benzene rings is 5. The largest absolute Gasteiger partial charge is 0.392 e. The van der Waals surface area contributed by atoms with E-state index in [1.807, 2.05) is 109 Å². The molecule has 0 saturated heterocycles. The first-order valence-corrected chi connectivity index (χ1v) is 12.5. The molecule has 0 amide bonds. The number of aliphatic hydroxyl groups is 1. The lowest BCUT2D eigenvalue weighted by Gasteiger charge is -2.33. The molecular formula is C34H28FNO2. The van der Waals surface area contributed by atoms with E-state index in [0.29, 0.717) is 6.42 Å². The van der Waals surface area contributed by atoms with Crippen LogP contribution in [0.1, 0.15) is 38.9 Å². The van der Waals surface area contributed by atoms with Crippen LogP contribution in [0, 0.1) is 5.82 Å². The van der Waals surface area contributed by atoms with Crippen molar-refractivity contribution in [3.63, 3.8) is 0 Å². The number of rotatable bonds is 9. The highest BCUT2D eigenvalue weighted by atomic mass is 19.1. The molecule has 0 bridgehead atoms. The molecule has 0 fully saturated rings. The normalized spacial score (nSPS) is 11.5. The van der Waals surface area contributed by atoms with Crippen LogP contribution in [0.25, 0.3) is 0 Å². The molecule has 0 aromatic heterocycles. The predicted octanol–water partition coefficient (Wildman–Crippen LogP) is 7.25. The summed E-state index contributed by atoms with van der Waals surface area (Å²) in [5.74, 6) is -0.264. The SMILES string of the molecule is OCc1cc(C=NOC(c2ccccc2)(c2ccccc2)c2ccccc2)ccc1Cc1ccc(F)cc1. The van der Waals surface area contributed by atoms with Gasteiger partial charge in [-0.3, -0.25) is 0 Å². The Hall–Kier alpha value is -4.54. The highest BCUT2D eigenvalue weighted by Gasteiger charge is 2.39. The van der Waals surface area contributed by atoms with Gasteiger partial charge in [-0.25, -0.2) is 4.39 Å². The minimum Gasteiger partial charge on any atom is -0.392 e. The Kier molecular flexibility index (Phi) is 7.72. The lowest BCUT2D eigenvalue weighted by molar-refractivity contribution is 0.0183. The molecule has 0 saturated carbocycles. The minimum atomic E-state index is -0.956. The molecule has 5 aromatic carbocycles. The molecule has 0 aliphatic heterocycles. The first-order chi connectivity index (χ1) is 18.7. The molecule has 38 heavy (non-hydrogen) atoms. The summed E-state index contributed by atoms with van der Waals surface area (Å²) in [6.45, 7) is -0.110. The Bertz CT molecular complexity index is 1390. The predicted molar refractivity (Wildman–Crippen MR) is 149 cm³/mol. The van der Waals surface area contributed by atoms with Crippen molar-refractivity contribution in [2.24, 2.45) is 5.16 Å². The fourth-order valence-corrected chi connectivity index (χ4v) is 4.71. The molecule has 0 unspecified atom stereocenters. The Labute approximate surface area is 222 Å². The maximum atomic E-state index is 13.3. The monoisotopic (exact) mass is 501 g/mol. The Morgan fingerprint density at radius 1 is 0.658 bits per heavy atom. The quantitative estimate of drug-likeness (QED) is 0.131. The Balaban J connectivity index is 1.49. The summed E-state index contributed by atoms with van der Waals surface area (Å²) in [7, 11) is 0. The molecule has 188 valence electrons. The van der Waals surface area contributed by atoms with E-state index < -0.39 is 5.60 Å². The molecule has 0 radical (unpaired) electrons. The van der Waals surface area contributed by atoms with Crippen LogP contribution in [0.15, 0.2) is 139 Å². The third-order valence-electron chi connectivity index (χ3n) is 6.64. The van der Waals surface area contributed by atoms with Gasteiger partial charge in [-0.1, -0.05) is 120 Å². The van der Waals surface area contributed by atoms with E-state index in [-0.39, 0.29) is 12.4 Å². The topological polar surface area (TPSA) is 41.8 Å². The second kappa shape index (κ2) is 11.7. The summed E-state index contributed by atoms with van der Waals surface area (Å²) >= 11 is 0. The molecular weight excluding hydrogens is 473 g/mol. The van der Waals surface area contributed by atoms with E-state index in [4.69, 9.17) is 4.84 Å². The van der Waals surface area contributed by atoms with E-state index in [1.54, 1.807) is 18.3 Å². The van der Waals surface area contributed by atoms with Crippen molar-refractivity contribution >= 4 is 6.21 Å². The van der Waals surface area contributed by atoms with Crippen molar-refractivity contribution in [3.8, 4) is 0 Å². The molecule has 0 atom stereocenters. The zero-order valence-electron chi connectivity index (χ0n) is 20.9. The van der Waals surface area contributed by atoms with Crippen LogP contribution in [0.3, 0.4) is 0 Å². The molecule has 0 heterocycles. The summed E-state index contributed by atoms with van der Waals surface area (Å²) in [5.41, 5.74) is 5.47. The Morgan fingerprint density at radius 2 is 1.18 bits per heavy atom. The number of aliphatic hydroxyl groups excluding tert-OH is 1. The van der Waals surface area contributed by atoms with Crippen molar-refractivity contribution in [1.29, 1.82) is 0 Å². The second-order valence-corrected chi connectivity index (χ2v) is 9.09. The number of nitrogens with zero attached hydrogens (tertiary/aromatic N) is 1. The second-order valence-electron chi connectivity index (χ2n) is 9.09. The van der Waals surface area contributed by atoms with E-state index in [2.05, 4.69) is 5.16 Å². The summed E-state index contributed by atoms with van der Waals surface area (Å²) in [4.78, 5) is 6.47. The summed E-state index contributed by atoms with van der Waals surface area (Å²) in [5, 5.41) is 14.5. The van der Waals surface area contributed by atoms with Gasteiger partial charge in [0.05, 0.1) is 12.8 Å². The summed E-state index contributed by atoms with van der Waals surface area (Å²) in [6, 6.07) is 42.4. The standard InChI is InChI=1S/C34H28FNO2/c35-33-20-17-26(18-21-33)22-28-19-16-27(23-29(28)25-37)24-36-38-34(30-10-4-1-5-11-30,31-12-6-2-7-13-31)32-14-8-3-9-15-32/h1-21,23-24,37H,22,25H2. The van der Waals surface area contributed by atoms with Gasteiger partial charge in [0.25, 0.3) is 0 Å². The highest BCUT2D eigenvalue weighted by molar-refractivity contribution is 5.79. The van der Waals surface area contributed by atoms with Gasteiger partial charge in [-0.2, -0.15) is 0 Å². The molecule has 0 aliphatic rings. The van der Waals surface area contributed by atoms with Crippen LogP contribution in [0.5, 0.6) is 0 Å². The van der Waals surface area contributed by atoms with Crippen LogP contribution in [0.4, 0.5) is 4.39 Å². The third-order valence-corrected chi connectivity index (χ3v) is 6.64. The number of halogens is 1. The van der Waals surface area contributed by atoms with E-state index in [1.165, 1.54) is 12.1 Å². The zero-order valence-corrected chi connectivity index (χ0v) is 20.9. The lowest BCUT2D eigenvalue weighted by Crippen LogP contribution is -2.31. The number of hydrogen-bond acceptors (Lipinski definition) is 3. The molecule has 0 spiro atoms. The summed E-state index contributed by atoms with van der Waals surface area (Å²) < 4.78 is 13.3. The Morgan fingerprint density at radius 3 is 1.68 bits per heavy atom. The average Bonchev–Trinajstić information content (AvgIpc) is 2.98. The minimum absolute atomic E-state index is 0.110. The first-order valence-electron chi connectivity index (χ1n) is 12.5. The van der Waals surface area contributed by atoms with Crippen molar-refractivity contribution in [3.05, 3.63) is 178 Å². The van der Waals surface area contributed by atoms with Gasteiger partial charge >= 0.3 is 0 Å². The van der Waals surface area contributed by atoms with E-state index >= 15 is 0 Å². The van der Waals surface area contributed by atoms with E-state index in [0.717, 1.165) is 38.9 Å². The van der Waals surface area contributed by atoms with Crippen LogP contribution < -0.4 is 0 Å². The van der Waals surface area contributed by atoms with Crippen LogP contribution in [0.2, 0.25) is 0 Å². The van der Waals surface area contributed by atoms with Crippen molar-refractivity contribution in [2.45, 2.75) is 18.6 Å². The van der Waals surface area contributed by atoms with E-state index in [9.17, 15) is 9.50 Å². The van der Waals surface area contributed by atoms with Crippen molar-refractivity contribution < 1.29 is 14.3 Å². The van der Waals surface area contributed by atoms with Gasteiger partial charge in [0.15, 0.2) is 0 Å². The number of hydrogen-bond donors (Lipinski definition) is 1. The maximum absolute atomic E-state index is 13.3. The van der Waals surface area contributed by atoms with Gasteiger partial charge in [-0.15, -0.1) is 0 Å². The molecule has 0 aliphatic carbocycles. The van der Waals surface area contributed by atoms with Crippen molar-refractivity contribution in [1.82, 2.24) is 0 Å². The molecule has 3 nitrogen and oxygen atoms in total. The smallest absolute Gasteiger partial charge is 0.212 e. The van der Waals surface area contributed by atoms with Gasteiger partial charge in [0, 0.05) is 16.7 Å². The van der Waals surface area contributed by atoms with Gasteiger partial charge in [0.1, 0.15) is 5.82 Å². The van der Waals surface area contributed by atoms with Gasteiger partial charge in [-0.05, 0) is 46.9 Å². The van der Waals surface area contributed by atoms with Gasteiger partial charge in [0.2, 0.25) is 5.60 Å². The molecule has 5 aromatic rings. The molecule has 4 heteroatoms.